The highest BCUT2D eigenvalue weighted by atomic mass is 32.1. The molecule has 158 valence electrons. The molecule has 3 rings (SSSR count). The molecule has 8 heteroatoms. The van der Waals surface area contributed by atoms with Crippen LogP contribution in [0.1, 0.15) is 28.1 Å². The van der Waals surface area contributed by atoms with Crippen LogP contribution >= 0.6 is 11.3 Å². The molecule has 0 unspecified atom stereocenters. The summed E-state index contributed by atoms with van der Waals surface area (Å²) in [6.07, 6.45) is 2.85. The monoisotopic (exact) mass is 415 g/mol. The molecule has 0 amide bonds. The highest BCUT2D eigenvalue weighted by Gasteiger charge is 2.14. The summed E-state index contributed by atoms with van der Waals surface area (Å²) in [4.78, 5) is 20.0. The van der Waals surface area contributed by atoms with E-state index in [9.17, 15) is 0 Å². The fourth-order valence-corrected chi connectivity index (χ4v) is 4.11. The molecule has 29 heavy (non-hydrogen) atoms. The Kier molecular flexibility index (Phi) is 7.83. The topological polar surface area (TPSA) is 68.7 Å². The maximum absolute atomic E-state index is 4.71. The highest BCUT2D eigenvalue weighted by Crippen LogP contribution is 2.16. The first-order chi connectivity index (χ1) is 14.0. The van der Waals surface area contributed by atoms with E-state index in [-0.39, 0.29) is 0 Å². The van der Waals surface area contributed by atoms with Gasteiger partial charge in [-0.3, -0.25) is 0 Å². The van der Waals surface area contributed by atoms with Crippen molar-refractivity contribution >= 4 is 23.1 Å². The standard InChI is InChI=1S/C21H33N7S/c1-5-22-21(23-9-8-20-26-16(2)17(3)29-20)25-15-18-6-7-19(24-14-18)28-12-10-27(4)11-13-28/h6-7,14H,5,8-13,15H2,1-4H3,(H2,22,23,25). The highest BCUT2D eigenvalue weighted by molar-refractivity contribution is 7.11. The van der Waals surface area contributed by atoms with Gasteiger partial charge >= 0.3 is 0 Å². The summed E-state index contributed by atoms with van der Waals surface area (Å²) in [6, 6.07) is 4.25. The maximum atomic E-state index is 4.71. The molecular formula is C21H33N7S. The number of piperazine rings is 1. The van der Waals surface area contributed by atoms with Gasteiger partial charge < -0.3 is 20.4 Å². The van der Waals surface area contributed by atoms with Crippen LogP contribution in [-0.4, -0.2) is 67.1 Å². The number of nitrogens with one attached hydrogen (secondary N) is 2. The third-order valence-electron chi connectivity index (χ3n) is 5.10. The third-order valence-corrected chi connectivity index (χ3v) is 6.24. The van der Waals surface area contributed by atoms with Crippen LogP contribution in [0.15, 0.2) is 23.3 Å². The van der Waals surface area contributed by atoms with E-state index >= 15 is 0 Å². The summed E-state index contributed by atoms with van der Waals surface area (Å²) in [5.74, 6) is 1.89. The summed E-state index contributed by atoms with van der Waals surface area (Å²) >= 11 is 1.78. The predicted molar refractivity (Wildman–Crippen MR) is 122 cm³/mol. The second-order valence-electron chi connectivity index (χ2n) is 7.44. The van der Waals surface area contributed by atoms with Crippen LogP contribution in [0.3, 0.4) is 0 Å². The molecule has 0 atom stereocenters. The van der Waals surface area contributed by atoms with E-state index in [1.165, 1.54) is 9.88 Å². The quantitative estimate of drug-likeness (QED) is 0.534. The molecule has 2 aromatic heterocycles. The lowest BCUT2D eigenvalue weighted by molar-refractivity contribution is 0.312. The number of rotatable bonds is 7. The number of guanidine groups is 1. The van der Waals surface area contributed by atoms with Gasteiger partial charge in [-0.1, -0.05) is 6.07 Å². The molecule has 0 aliphatic carbocycles. The third kappa shape index (κ3) is 6.40. The zero-order chi connectivity index (χ0) is 20.6. The van der Waals surface area contributed by atoms with Gasteiger partial charge in [0.1, 0.15) is 5.82 Å². The molecule has 0 aromatic carbocycles. The Bertz CT molecular complexity index is 772. The van der Waals surface area contributed by atoms with Crippen LogP contribution in [0.25, 0.3) is 0 Å². The molecule has 2 aromatic rings. The van der Waals surface area contributed by atoms with Crippen molar-refractivity contribution in [2.75, 3.05) is 51.2 Å². The van der Waals surface area contributed by atoms with Crippen molar-refractivity contribution in [2.24, 2.45) is 4.99 Å². The normalized spacial score (nSPS) is 15.6. The minimum atomic E-state index is 0.612. The first-order valence-corrected chi connectivity index (χ1v) is 11.2. The molecule has 0 saturated carbocycles. The van der Waals surface area contributed by atoms with Crippen LogP contribution in [-0.2, 0) is 13.0 Å². The molecule has 1 saturated heterocycles. The summed E-state index contributed by atoms with van der Waals surface area (Å²) in [5.41, 5.74) is 2.25. The number of anilines is 1. The summed E-state index contributed by atoms with van der Waals surface area (Å²) in [5, 5.41) is 7.89. The Morgan fingerprint density at radius 1 is 1.17 bits per heavy atom. The molecule has 3 heterocycles. The number of likely N-dealkylation sites (N-methyl/N-ethyl adjacent to an activating group) is 1. The Hall–Kier alpha value is -2.19. The molecular weight excluding hydrogens is 382 g/mol. The number of hydrogen-bond acceptors (Lipinski definition) is 6. The fraction of sp³-hybridized carbons (Fsp3) is 0.571. The van der Waals surface area contributed by atoms with E-state index in [0.717, 1.165) is 68.7 Å². The zero-order valence-corrected chi connectivity index (χ0v) is 18.8. The van der Waals surface area contributed by atoms with E-state index in [0.29, 0.717) is 6.54 Å². The molecule has 1 aliphatic rings. The summed E-state index contributed by atoms with van der Waals surface area (Å²) in [7, 11) is 2.17. The van der Waals surface area contributed by atoms with Crippen molar-refractivity contribution in [1.29, 1.82) is 0 Å². The van der Waals surface area contributed by atoms with Gasteiger partial charge in [-0.25, -0.2) is 15.0 Å². The van der Waals surface area contributed by atoms with Gasteiger partial charge in [0, 0.05) is 56.8 Å². The van der Waals surface area contributed by atoms with Crippen molar-refractivity contribution in [3.05, 3.63) is 39.5 Å². The van der Waals surface area contributed by atoms with Crippen LogP contribution in [0.2, 0.25) is 0 Å². The zero-order valence-electron chi connectivity index (χ0n) is 18.0. The van der Waals surface area contributed by atoms with E-state index in [2.05, 4.69) is 70.4 Å². The second-order valence-corrected chi connectivity index (χ2v) is 8.72. The number of thiazole rings is 1. The van der Waals surface area contributed by atoms with Crippen molar-refractivity contribution in [1.82, 2.24) is 25.5 Å². The average molecular weight is 416 g/mol. The number of aromatic nitrogens is 2. The fourth-order valence-electron chi connectivity index (χ4n) is 3.18. The lowest BCUT2D eigenvalue weighted by atomic mass is 10.2. The predicted octanol–water partition coefficient (Wildman–Crippen LogP) is 2.20. The van der Waals surface area contributed by atoms with Crippen molar-refractivity contribution in [3.8, 4) is 0 Å². The van der Waals surface area contributed by atoms with Crippen LogP contribution < -0.4 is 15.5 Å². The van der Waals surface area contributed by atoms with E-state index in [1.54, 1.807) is 11.3 Å². The van der Waals surface area contributed by atoms with Gasteiger partial charge in [-0.2, -0.15) is 0 Å². The van der Waals surface area contributed by atoms with Gasteiger partial charge in [0.05, 0.1) is 17.2 Å². The first-order valence-electron chi connectivity index (χ1n) is 10.4. The van der Waals surface area contributed by atoms with Gasteiger partial charge in [0.25, 0.3) is 0 Å². The second kappa shape index (κ2) is 10.5. The van der Waals surface area contributed by atoms with Crippen molar-refractivity contribution in [3.63, 3.8) is 0 Å². The lowest BCUT2D eigenvalue weighted by Crippen LogP contribution is -2.44. The Morgan fingerprint density at radius 2 is 1.97 bits per heavy atom. The minimum absolute atomic E-state index is 0.612. The van der Waals surface area contributed by atoms with Crippen molar-refractivity contribution < 1.29 is 0 Å². The molecule has 1 aliphatic heterocycles. The molecule has 0 spiro atoms. The summed E-state index contributed by atoms with van der Waals surface area (Å²) < 4.78 is 0. The Morgan fingerprint density at radius 3 is 2.59 bits per heavy atom. The van der Waals surface area contributed by atoms with Crippen LogP contribution in [0.5, 0.6) is 0 Å². The Labute approximate surface area is 178 Å². The number of nitrogens with zero attached hydrogens (tertiary/aromatic N) is 5. The lowest BCUT2D eigenvalue weighted by Gasteiger charge is -2.33. The average Bonchev–Trinajstić information content (AvgIpc) is 3.04. The van der Waals surface area contributed by atoms with Gasteiger partial charge in [-0.15, -0.1) is 11.3 Å². The van der Waals surface area contributed by atoms with Crippen molar-refractivity contribution in [2.45, 2.75) is 33.7 Å². The summed E-state index contributed by atoms with van der Waals surface area (Å²) in [6.45, 7) is 12.8. The molecule has 7 nitrogen and oxygen atoms in total. The van der Waals surface area contributed by atoms with Crippen LogP contribution in [0.4, 0.5) is 5.82 Å². The van der Waals surface area contributed by atoms with E-state index in [1.807, 2.05) is 6.20 Å². The minimum Gasteiger partial charge on any atom is -0.357 e. The molecule has 2 N–H and O–H groups in total. The first kappa shape index (κ1) is 21.5. The largest absolute Gasteiger partial charge is 0.357 e. The van der Waals surface area contributed by atoms with E-state index < -0.39 is 0 Å². The number of pyridine rings is 1. The number of hydrogen-bond donors (Lipinski definition) is 2. The molecule has 0 bridgehead atoms. The smallest absolute Gasteiger partial charge is 0.191 e. The SMILES string of the molecule is CCNC(=NCc1ccc(N2CCN(C)CC2)nc1)NCCc1nc(C)c(C)s1. The maximum Gasteiger partial charge on any atom is 0.191 e. The van der Waals surface area contributed by atoms with Gasteiger partial charge in [0.15, 0.2) is 5.96 Å². The molecule has 0 radical (unpaired) electrons. The Balaban J connectivity index is 1.51. The number of aryl methyl sites for hydroxylation is 2. The van der Waals surface area contributed by atoms with E-state index in [4.69, 9.17) is 4.99 Å². The molecule has 1 fully saturated rings. The number of aliphatic imine (C=N–C) groups is 1. The van der Waals surface area contributed by atoms with Gasteiger partial charge in [0.2, 0.25) is 0 Å². The van der Waals surface area contributed by atoms with Crippen LogP contribution in [0, 0.1) is 13.8 Å². The van der Waals surface area contributed by atoms with Gasteiger partial charge in [-0.05, 0) is 39.4 Å².